The van der Waals surface area contributed by atoms with Gasteiger partial charge in [-0.15, -0.1) is 11.3 Å². The highest BCUT2D eigenvalue weighted by atomic mass is 32.1. The number of hydrogen-bond acceptors (Lipinski definition) is 3. The number of thiophene rings is 1. The monoisotopic (exact) mass is 755 g/mol. The molecule has 1 aliphatic heterocycles. The van der Waals surface area contributed by atoms with Gasteiger partial charge in [-0.1, -0.05) is 170 Å². The zero-order valence-electron chi connectivity index (χ0n) is 31.3. The predicted molar refractivity (Wildman–Crippen MR) is 250 cm³/mol. The molecule has 58 heavy (non-hydrogen) atoms. The van der Waals surface area contributed by atoms with Crippen molar-refractivity contribution in [2.24, 2.45) is 4.99 Å². The first-order valence-electron chi connectivity index (χ1n) is 19.9. The van der Waals surface area contributed by atoms with Crippen molar-refractivity contribution >= 4 is 114 Å². The smallest absolute Gasteiger partial charge is 0.141 e. The normalized spacial score (nSPS) is 14.3. The van der Waals surface area contributed by atoms with Crippen LogP contribution in [0.1, 0.15) is 11.6 Å². The van der Waals surface area contributed by atoms with Crippen LogP contribution in [0.25, 0.3) is 96.2 Å². The van der Waals surface area contributed by atoms with Crippen LogP contribution in [0.4, 0.5) is 11.4 Å². The Kier molecular flexibility index (Phi) is 6.66. The number of anilines is 1. The van der Waals surface area contributed by atoms with Crippen LogP contribution in [0.2, 0.25) is 0 Å². The average Bonchev–Trinajstić information content (AvgIpc) is 3.83. The molecule has 0 saturated carbocycles. The zero-order valence-corrected chi connectivity index (χ0v) is 32.1. The number of nitrogens with one attached hydrogen (secondary N) is 1. The Morgan fingerprint density at radius 2 is 1.09 bits per heavy atom. The van der Waals surface area contributed by atoms with E-state index in [9.17, 15) is 0 Å². The molecule has 13 rings (SSSR count). The van der Waals surface area contributed by atoms with E-state index in [-0.39, 0.29) is 6.04 Å². The van der Waals surface area contributed by atoms with Crippen molar-refractivity contribution in [1.82, 2.24) is 4.57 Å². The van der Waals surface area contributed by atoms with Crippen LogP contribution >= 0.6 is 11.3 Å². The zero-order chi connectivity index (χ0) is 37.9. The molecule has 0 spiro atoms. The second kappa shape index (κ2) is 12.1. The van der Waals surface area contributed by atoms with Crippen molar-refractivity contribution in [2.45, 2.75) is 6.04 Å². The molecule has 0 saturated heterocycles. The second-order valence-corrected chi connectivity index (χ2v) is 16.6. The minimum Gasteiger partial charge on any atom is -0.369 e. The molecule has 2 aromatic heterocycles. The minimum absolute atomic E-state index is 0.263. The van der Waals surface area contributed by atoms with E-state index in [1.807, 2.05) is 11.3 Å². The highest BCUT2D eigenvalue weighted by molar-refractivity contribution is 7.26. The van der Waals surface area contributed by atoms with E-state index in [0.717, 1.165) is 33.7 Å². The topological polar surface area (TPSA) is 29.3 Å². The molecule has 1 atom stereocenters. The maximum atomic E-state index is 5.92. The van der Waals surface area contributed by atoms with Crippen LogP contribution < -0.4 is 5.32 Å². The molecule has 1 unspecified atom stereocenters. The van der Waals surface area contributed by atoms with Gasteiger partial charge >= 0.3 is 0 Å². The quantitative estimate of drug-likeness (QED) is 0.175. The van der Waals surface area contributed by atoms with E-state index in [4.69, 9.17) is 4.99 Å². The Labute approximate surface area is 337 Å². The van der Waals surface area contributed by atoms with Gasteiger partial charge in [-0.05, 0) is 61.8 Å². The largest absolute Gasteiger partial charge is 0.369 e. The van der Waals surface area contributed by atoms with Crippen molar-refractivity contribution in [1.29, 1.82) is 0 Å². The van der Waals surface area contributed by atoms with Gasteiger partial charge in [0.25, 0.3) is 0 Å². The van der Waals surface area contributed by atoms with Crippen molar-refractivity contribution in [3.63, 3.8) is 0 Å². The molecule has 12 aromatic rings. The van der Waals surface area contributed by atoms with Crippen LogP contribution in [0.3, 0.4) is 0 Å². The van der Waals surface area contributed by atoms with E-state index >= 15 is 0 Å². The second-order valence-electron chi connectivity index (χ2n) is 15.5. The van der Waals surface area contributed by atoms with Gasteiger partial charge in [0.2, 0.25) is 0 Å². The molecule has 1 aliphatic rings. The Morgan fingerprint density at radius 3 is 1.90 bits per heavy atom. The van der Waals surface area contributed by atoms with Gasteiger partial charge in [-0.2, -0.15) is 0 Å². The number of benzene rings is 10. The third-order valence-electron chi connectivity index (χ3n) is 12.4. The van der Waals surface area contributed by atoms with E-state index in [1.165, 1.54) is 85.3 Å². The highest BCUT2D eigenvalue weighted by Crippen LogP contribution is 2.49. The lowest BCUT2D eigenvalue weighted by Gasteiger charge is -2.31. The Bertz CT molecular complexity index is 3720. The van der Waals surface area contributed by atoms with Crippen LogP contribution in [0, 0.1) is 0 Å². The van der Waals surface area contributed by atoms with Gasteiger partial charge < -0.3 is 5.32 Å². The Hall–Kier alpha value is -7.27. The van der Waals surface area contributed by atoms with E-state index in [1.54, 1.807) is 0 Å². The van der Waals surface area contributed by atoms with Gasteiger partial charge in [-0.3, -0.25) is 4.57 Å². The highest BCUT2D eigenvalue weighted by Gasteiger charge is 2.32. The SMILES string of the molecule is c1ccc(-c2cccc(C3Nc4c(c5ccccc5c5ccccc45)N=C3n3c4cc5sc6c7ccccc7ccc6c5cc4c4ccc5ccccc5c43)c2)cc1. The summed E-state index contributed by atoms with van der Waals surface area (Å²) in [6, 6.07) is 68.6. The number of aromatic nitrogens is 1. The summed E-state index contributed by atoms with van der Waals surface area (Å²) >= 11 is 1.89. The van der Waals surface area contributed by atoms with Gasteiger partial charge in [-0.25, -0.2) is 4.99 Å². The lowest BCUT2D eigenvalue weighted by molar-refractivity contribution is 0.968. The first-order chi connectivity index (χ1) is 28.8. The summed E-state index contributed by atoms with van der Waals surface area (Å²) in [5, 5.41) is 19.0. The van der Waals surface area contributed by atoms with Crippen molar-refractivity contribution in [3.05, 3.63) is 194 Å². The number of nitrogens with zero attached hydrogens (tertiary/aromatic N) is 2. The fourth-order valence-corrected chi connectivity index (χ4v) is 11.0. The Balaban J connectivity index is 1.18. The summed E-state index contributed by atoms with van der Waals surface area (Å²) in [7, 11) is 0. The molecule has 3 nitrogen and oxygen atoms in total. The number of aliphatic imine (C=N–C) groups is 1. The van der Waals surface area contributed by atoms with E-state index < -0.39 is 0 Å². The molecule has 4 heteroatoms. The summed E-state index contributed by atoms with van der Waals surface area (Å²) in [6.45, 7) is 0. The van der Waals surface area contributed by atoms with Crippen molar-refractivity contribution in [2.75, 3.05) is 5.32 Å². The molecule has 0 amide bonds. The van der Waals surface area contributed by atoms with E-state index in [0.29, 0.717) is 0 Å². The fraction of sp³-hybridized carbons (Fsp3) is 0.0185. The maximum Gasteiger partial charge on any atom is 0.141 e. The van der Waals surface area contributed by atoms with Gasteiger partial charge in [0.15, 0.2) is 0 Å². The number of rotatable bonds is 2. The molecule has 10 aromatic carbocycles. The van der Waals surface area contributed by atoms with Crippen molar-refractivity contribution in [3.8, 4) is 11.1 Å². The molecular weight excluding hydrogens is 723 g/mol. The molecule has 0 fully saturated rings. The van der Waals surface area contributed by atoms with Gasteiger partial charge in [0.1, 0.15) is 11.9 Å². The molecule has 3 heterocycles. The first-order valence-corrected chi connectivity index (χ1v) is 20.7. The molecule has 0 bridgehead atoms. The molecule has 270 valence electrons. The fourth-order valence-electron chi connectivity index (χ4n) is 9.72. The van der Waals surface area contributed by atoms with Crippen LogP contribution in [0.5, 0.6) is 0 Å². The lowest BCUT2D eigenvalue weighted by Crippen LogP contribution is -2.30. The molecule has 0 aliphatic carbocycles. The average molecular weight is 756 g/mol. The predicted octanol–water partition coefficient (Wildman–Crippen LogP) is 15.2. The summed E-state index contributed by atoms with van der Waals surface area (Å²) in [5.41, 5.74) is 7.92. The summed E-state index contributed by atoms with van der Waals surface area (Å²) in [5.74, 6) is 0.959. The third-order valence-corrected chi connectivity index (χ3v) is 13.6. The lowest BCUT2D eigenvalue weighted by atomic mass is 9.94. The van der Waals surface area contributed by atoms with Crippen LogP contribution in [-0.4, -0.2) is 10.4 Å². The summed E-state index contributed by atoms with van der Waals surface area (Å²) in [6.07, 6.45) is 0. The van der Waals surface area contributed by atoms with E-state index in [2.05, 4.69) is 198 Å². The number of hydrogen-bond donors (Lipinski definition) is 1. The van der Waals surface area contributed by atoms with Crippen LogP contribution in [-0.2, 0) is 0 Å². The molecular formula is C54H33N3S. The minimum atomic E-state index is -0.263. The third kappa shape index (κ3) is 4.52. The molecule has 1 N–H and O–H groups in total. The van der Waals surface area contributed by atoms with Gasteiger partial charge in [0.05, 0.1) is 22.4 Å². The standard InChI is InChI=1S/C54H33N3S/c1-2-13-32(14-3-1)35-17-12-18-36(29-35)49-54(56-51-42-24-11-9-22-40(42)39-21-8-10-23-41(39)50(51)55-49)57-47-31-48-46(44-28-26-34-16-5-7-20-38(34)53(44)58-48)30-45(47)43-27-25-33-15-4-6-19-37(33)52(43)57/h1-31,49,55H. The maximum absolute atomic E-state index is 5.92. The van der Waals surface area contributed by atoms with Crippen LogP contribution in [0.15, 0.2) is 193 Å². The van der Waals surface area contributed by atoms with Gasteiger partial charge in [0, 0.05) is 47.1 Å². The summed E-state index contributed by atoms with van der Waals surface area (Å²) < 4.78 is 5.10. The number of fused-ring (bicyclic) bond motifs is 16. The Morgan fingerprint density at radius 1 is 0.448 bits per heavy atom. The molecule has 0 radical (unpaired) electrons. The first kappa shape index (κ1) is 31.9. The van der Waals surface area contributed by atoms with Crippen molar-refractivity contribution < 1.29 is 0 Å². The summed E-state index contributed by atoms with van der Waals surface area (Å²) in [4.78, 5) is 5.92.